The zero-order valence-corrected chi connectivity index (χ0v) is 20.2. The molecule has 4 heterocycles. The van der Waals surface area contributed by atoms with E-state index in [2.05, 4.69) is 4.90 Å². The molecule has 2 bridgehead atoms. The number of fused-ring (bicyclic) bond motifs is 4. The Hall–Kier alpha value is -3.47. The number of nitrogens with zero attached hydrogens (tertiary/aromatic N) is 2. The lowest BCUT2D eigenvalue weighted by atomic mass is 9.84. The van der Waals surface area contributed by atoms with Crippen molar-refractivity contribution < 1.29 is 39.2 Å². The average molecular weight is 511 g/mol. The molecule has 10 heteroatoms. The topological polar surface area (TPSA) is 137 Å². The Balaban J connectivity index is 1.57. The normalized spacial score (nSPS) is 28.1. The first-order valence-electron chi connectivity index (χ1n) is 12.5. The van der Waals surface area contributed by atoms with Crippen LogP contribution in [0.2, 0.25) is 0 Å². The third-order valence-electron chi connectivity index (χ3n) is 7.64. The van der Waals surface area contributed by atoms with E-state index in [1.165, 1.54) is 4.90 Å². The number of aliphatic hydroxyl groups is 2. The van der Waals surface area contributed by atoms with Crippen molar-refractivity contribution in [1.29, 1.82) is 0 Å². The minimum absolute atomic E-state index is 0.150. The van der Waals surface area contributed by atoms with Crippen molar-refractivity contribution >= 4 is 18.0 Å². The molecule has 4 atom stereocenters. The van der Waals surface area contributed by atoms with Crippen molar-refractivity contribution in [3.8, 4) is 0 Å². The Labute approximate surface area is 214 Å². The molecule has 0 aliphatic carbocycles. The summed E-state index contributed by atoms with van der Waals surface area (Å²) in [5, 5.41) is 29.3. The summed E-state index contributed by atoms with van der Waals surface area (Å²) in [7, 11) is 0. The van der Waals surface area contributed by atoms with E-state index in [1.54, 1.807) is 42.5 Å². The van der Waals surface area contributed by atoms with Crippen LogP contribution in [-0.4, -0.2) is 87.6 Å². The number of carboxylic acid groups (broad SMARTS) is 1. The second-order valence-corrected chi connectivity index (χ2v) is 9.78. The maximum Gasteiger partial charge on any atom is 0.413 e. The lowest BCUT2D eigenvalue weighted by Crippen LogP contribution is -2.60. The Bertz CT molecular complexity index is 1170. The molecule has 10 nitrogen and oxygen atoms in total. The summed E-state index contributed by atoms with van der Waals surface area (Å²) in [6.45, 7) is 2.75. The van der Waals surface area contributed by atoms with Gasteiger partial charge in [-0.25, -0.2) is 14.4 Å². The van der Waals surface area contributed by atoms with Crippen molar-refractivity contribution in [3.05, 3.63) is 71.3 Å². The molecule has 2 aromatic carbocycles. The van der Waals surface area contributed by atoms with Gasteiger partial charge in [0.2, 0.25) is 5.72 Å². The summed E-state index contributed by atoms with van der Waals surface area (Å²) in [5.41, 5.74) is -0.126. The van der Waals surface area contributed by atoms with Gasteiger partial charge in [0, 0.05) is 24.2 Å². The summed E-state index contributed by atoms with van der Waals surface area (Å²) in [4.78, 5) is 41.8. The number of carbonyl (C=O) groups is 3. The number of carboxylic acids is 1. The Kier molecular flexibility index (Phi) is 6.89. The molecule has 0 radical (unpaired) electrons. The molecule has 1 amide bonds. The number of benzene rings is 2. The van der Waals surface area contributed by atoms with Gasteiger partial charge >= 0.3 is 18.0 Å². The molecule has 0 spiro atoms. The van der Waals surface area contributed by atoms with Gasteiger partial charge in [0.05, 0.1) is 0 Å². The molecule has 3 saturated heterocycles. The minimum Gasteiger partial charge on any atom is -0.479 e. The number of esters is 1. The van der Waals surface area contributed by atoms with Crippen LogP contribution in [0.25, 0.3) is 0 Å². The van der Waals surface area contributed by atoms with Crippen LogP contribution >= 0.6 is 0 Å². The fourth-order valence-electron chi connectivity index (χ4n) is 5.68. The summed E-state index contributed by atoms with van der Waals surface area (Å²) in [5.74, 6) is -2.90. The smallest absolute Gasteiger partial charge is 0.413 e. The molecule has 196 valence electrons. The number of amides is 1. The molecule has 3 fully saturated rings. The zero-order valence-electron chi connectivity index (χ0n) is 20.2. The summed E-state index contributed by atoms with van der Waals surface area (Å²) in [6.07, 6.45) is -3.37. The molecule has 2 aromatic rings. The number of aliphatic carboxylic acids is 1. The molecule has 37 heavy (non-hydrogen) atoms. The first-order chi connectivity index (χ1) is 17.8. The predicted molar refractivity (Wildman–Crippen MR) is 129 cm³/mol. The fourth-order valence-corrected chi connectivity index (χ4v) is 5.68. The number of aliphatic hydroxyl groups excluding tert-OH is 2. The van der Waals surface area contributed by atoms with Crippen LogP contribution in [0.1, 0.15) is 29.5 Å². The third kappa shape index (κ3) is 4.56. The molecular formula is C27H30N2O8. The van der Waals surface area contributed by atoms with Crippen LogP contribution in [0.3, 0.4) is 0 Å². The van der Waals surface area contributed by atoms with Gasteiger partial charge in [-0.2, -0.15) is 0 Å². The van der Waals surface area contributed by atoms with Gasteiger partial charge in [0.1, 0.15) is 6.10 Å². The molecule has 0 saturated carbocycles. The van der Waals surface area contributed by atoms with Gasteiger partial charge in [0.25, 0.3) is 0 Å². The van der Waals surface area contributed by atoms with E-state index in [0.717, 1.165) is 31.5 Å². The van der Waals surface area contributed by atoms with Crippen molar-refractivity contribution in [2.75, 3.05) is 26.2 Å². The van der Waals surface area contributed by atoms with Crippen LogP contribution < -0.4 is 0 Å². The lowest BCUT2D eigenvalue weighted by Gasteiger charge is -2.48. The average Bonchev–Trinajstić information content (AvgIpc) is 2.93. The van der Waals surface area contributed by atoms with E-state index >= 15 is 0 Å². The quantitative estimate of drug-likeness (QED) is 0.492. The molecule has 3 unspecified atom stereocenters. The summed E-state index contributed by atoms with van der Waals surface area (Å²) >= 11 is 0. The first-order valence-corrected chi connectivity index (χ1v) is 12.5. The first kappa shape index (κ1) is 25.2. The van der Waals surface area contributed by atoms with E-state index in [-0.39, 0.29) is 18.6 Å². The maximum absolute atomic E-state index is 13.8. The van der Waals surface area contributed by atoms with Crippen LogP contribution in [0.5, 0.6) is 0 Å². The van der Waals surface area contributed by atoms with E-state index < -0.39 is 36.0 Å². The highest BCUT2D eigenvalue weighted by Crippen LogP contribution is 2.43. The highest BCUT2D eigenvalue weighted by molar-refractivity contribution is 5.85. The van der Waals surface area contributed by atoms with Crippen molar-refractivity contribution in [2.24, 2.45) is 5.92 Å². The fraction of sp³-hybridized carbons (Fsp3) is 0.444. The third-order valence-corrected chi connectivity index (χ3v) is 7.64. The second-order valence-electron chi connectivity index (χ2n) is 9.78. The van der Waals surface area contributed by atoms with Gasteiger partial charge < -0.3 is 24.8 Å². The predicted octanol–water partition coefficient (Wildman–Crippen LogP) is 1.33. The number of piperidine rings is 3. The zero-order chi connectivity index (χ0) is 26.2. The Morgan fingerprint density at radius 3 is 2.24 bits per heavy atom. The standard InChI is InChI=1S/C27H30N2O8/c30-22(24(32)33)23(31)25(34)37-27(19-7-2-1-3-8-19)20-9-5-4-6-17(20)12-15-29(27)26(35)36-21-16-28-13-10-18(21)11-14-28/h1-9,18,21-23,30-31H,10-16H2,(H,32,33)/t21-,22?,23?,27?/m0/s1. The molecule has 4 aliphatic heterocycles. The molecule has 4 aliphatic rings. The van der Waals surface area contributed by atoms with Gasteiger partial charge in [-0.05, 0) is 43.8 Å². The summed E-state index contributed by atoms with van der Waals surface area (Å²) in [6, 6.07) is 15.8. The highest BCUT2D eigenvalue weighted by atomic mass is 16.6. The number of carbonyl (C=O) groups excluding carboxylic acids is 2. The lowest BCUT2D eigenvalue weighted by molar-refractivity contribution is -0.195. The molecule has 0 aromatic heterocycles. The molecule has 6 rings (SSSR count). The van der Waals surface area contributed by atoms with Gasteiger partial charge in [-0.15, -0.1) is 0 Å². The van der Waals surface area contributed by atoms with Crippen LogP contribution in [0, 0.1) is 5.92 Å². The van der Waals surface area contributed by atoms with Gasteiger partial charge in [-0.1, -0.05) is 54.6 Å². The van der Waals surface area contributed by atoms with Crippen molar-refractivity contribution in [3.63, 3.8) is 0 Å². The van der Waals surface area contributed by atoms with Crippen LogP contribution in [-0.2, 0) is 31.2 Å². The Morgan fingerprint density at radius 1 is 0.919 bits per heavy atom. The van der Waals surface area contributed by atoms with E-state index in [1.807, 2.05) is 12.1 Å². The molecule has 3 N–H and O–H groups in total. The van der Waals surface area contributed by atoms with Crippen LogP contribution in [0.4, 0.5) is 4.79 Å². The van der Waals surface area contributed by atoms with E-state index in [9.17, 15) is 24.6 Å². The monoisotopic (exact) mass is 510 g/mol. The number of hydrogen-bond donors (Lipinski definition) is 3. The number of rotatable bonds is 6. The molecular weight excluding hydrogens is 480 g/mol. The number of hydrogen-bond acceptors (Lipinski definition) is 8. The Morgan fingerprint density at radius 2 is 1.59 bits per heavy atom. The van der Waals surface area contributed by atoms with Crippen molar-refractivity contribution in [2.45, 2.75) is 43.3 Å². The maximum atomic E-state index is 13.8. The van der Waals surface area contributed by atoms with Crippen molar-refractivity contribution in [1.82, 2.24) is 9.80 Å². The van der Waals surface area contributed by atoms with E-state index in [4.69, 9.17) is 14.6 Å². The SMILES string of the molecule is O=C(O)C(O)C(O)C(=O)OC1(c2ccccc2)c2ccccc2CCN1C(=O)O[C@H]1CN2CCC1CC2. The number of ether oxygens (including phenoxy) is 2. The summed E-state index contributed by atoms with van der Waals surface area (Å²) < 4.78 is 11.9. The largest absolute Gasteiger partial charge is 0.479 e. The minimum atomic E-state index is -2.40. The second kappa shape index (κ2) is 10.1. The van der Waals surface area contributed by atoms with Crippen LogP contribution in [0.15, 0.2) is 54.6 Å². The van der Waals surface area contributed by atoms with Gasteiger partial charge in [-0.3, -0.25) is 9.80 Å². The van der Waals surface area contributed by atoms with E-state index in [0.29, 0.717) is 24.1 Å². The highest BCUT2D eigenvalue weighted by Gasteiger charge is 2.53. The van der Waals surface area contributed by atoms with Gasteiger partial charge in [0.15, 0.2) is 12.2 Å².